The Morgan fingerprint density at radius 2 is 2.13 bits per heavy atom. The molecule has 1 aliphatic rings. The van der Waals surface area contributed by atoms with Gasteiger partial charge in [-0.05, 0) is 43.2 Å². The van der Waals surface area contributed by atoms with Crippen LogP contribution in [0.4, 0.5) is 0 Å². The lowest BCUT2D eigenvalue weighted by atomic mass is 9.83. The van der Waals surface area contributed by atoms with Gasteiger partial charge in [-0.15, -0.1) is 0 Å². The quantitative estimate of drug-likeness (QED) is 0.442. The number of rotatable bonds is 6. The normalized spacial score (nSPS) is 15.5. The van der Waals surface area contributed by atoms with E-state index < -0.39 is 5.54 Å². The number of aromatic nitrogens is 2. The third-order valence-corrected chi connectivity index (χ3v) is 6.62. The molecule has 3 aromatic rings. The number of carbonyl (C=O) groups is 1. The van der Waals surface area contributed by atoms with Gasteiger partial charge < -0.3 is 9.73 Å². The van der Waals surface area contributed by atoms with Crippen LogP contribution >= 0.6 is 23.4 Å². The first-order chi connectivity index (χ1) is 15.0. The molecule has 0 radical (unpaired) electrons. The molecular weight excluding hydrogens is 436 g/mol. The number of fused-ring (bicyclic) bond motifs is 1. The van der Waals surface area contributed by atoms with Gasteiger partial charge in [-0.2, -0.15) is 5.26 Å². The number of amides is 1. The zero-order valence-corrected chi connectivity index (χ0v) is 18.3. The molecule has 1 aromatic carbocycles. The Morgan fingerprint density at radius 1 is 1.32 bits per heavy atom. The fourth-order valence-electron chi connectivity index (χ4n) is 3.83. The van der Waals surface area contributed by atoms with Crippen LogP contribution in [0.2, 0.25) is 5.02 Å². The molecule has 2 aromatic heterocycles. The van der Waals surface area contributed by atoms with Crippen molar-refractivity contribution in [2.75, 3.05) is 5.75 Å². The molecule has 31 heavy (non-hydrogen) atoms. The SMILES string of the molecule is N#CC1(NC(=O)CSc2nc3cc(Cl)ccc3c(=O)n2Cc2ccco2)CCCCC1. The molecule has 7 nitrogen and oxygen atoms in total. The smallest absolute Gasteiger partial charge is 0.262 e. The molecule has 0 spiro atoms. The number of nitrogens with zero attached hydrogens (tertiary/aromatic N) is 3. The zero-order valence-electron chi connectivity index (χ0n) is 16.8. The highest BCUT2D eigenvalue weighted by atomic mass is 35.5. The van der Waals surface area contributed by atoms with Crippen molar-refractivity contribution >= 4 is 40.2 Å². The predicted molar refractivity (Wildman–Crippen MR) is 119 cm³/mol. The van der Waals surface area contributed by atoms with Crippen LogP contribution in [0.1, 0.15) is 37.9 Å². The summed E-state index contributed by atoms with van der Waals surface area (Å²) in [7, 11) is 0. The standard InChI is InChI=1S/C22H21ClN4O3S/c23-15-6-7-17-18(11-15)25-21(27(20(17)29)12-16-5-4-10-30-16)31-13-19(28)26-22(14-24)8-2-1-3-9-22/h4-7,10-11H,1-3,8-9,12-13H2,(H,26,28). The zero-order chi connectivity index (χ0) is 21.8. The van der Waals surface area contributed by atoms with Crippen molar-refractivity contribution in [3.63, 3.8) is 0 Å². The summed E-state index contributed by atoms with van der Waals surface area (Å²) in [5.41, 5.74) is -0.563. The van der Waals surface area contributed by atoms with E-state index in [0.717, 1.165) is 31.0 Å². The van der Waals surface area contributed by atoms with E-state index >= 15 is 0 Å². The highest BCUT2D eigenvalue weighted by Crippen LogP contribution is 2.28. The van der Waals surface area contributed by atoms with Gasteiger partial charge in [0, 0.05) is 5.02 Å². The molecule has 2 heterocycles. The average Bonchev–Trinajstić information content (AvgIpc) is 3.28. The summed E-state index contributed by atoms with van der Waals surface area (Å²) in [5.74, 6) is 0.396. The van der Waals surface area contributed by atoms with Crippen LogP contribution < -0.4 is 10.9 Å². The van der Waals surface area contributed by atoms with Crippen LogP contribution in [0.3, 0.4) is 0 Å². The first kappa shape index (κ1) is 21.5. The lowest BCUT2D eigenvalue weighted by molar-refractivity contribution is -0.120. The van der Waals surface area contributed by atoms with E-state index in [9.17, 15) is 14.9 Å². The maximum absolute atomic E-state index is 13.1. The van der Waals surface area contributed by atoms with Crippen molar-refractivity contribution in [3.8, 4) is 6.07 Å². The number of nitrogens with one attached hydrogen (secondary N) is 1. The van der Waals surface area contributed by atoms with E-state index in [1.165, 1.54) is 4.57 Å². The van der Waals surface area contributed by atoms with Gasteiger partial charge in [0.15, 0.2) is 5.16 Å². The molecule has 0 unspecified atom stereocenters. The molecule has 160 valence electrons. The summed E-state index contributed by atoms with van der Waals surface area (Å²) in [4.78, 5) is 30.4. The predicted octanol–water partition coefficient (Wildman–Crippen LogP) is 4.13. The molecular formula is C22H21ClN4O3S. The Bertz CT molecular complexity index is 1190. The van der Waals surface area contributed by atoms with E-state index in [-0.39, 0.29) is 23.8 Å². The lowest BCUT2D eigenvalue weighted by Crippen LogP contribution is -2.49. The Balaban J connectivity index is 1.60. The summed E-state index contributed by atoms with van der Waals surface area (Å²) in [6.45, 7) is 0.198. The van der Waals surface area contributed by atoms with Gasteiger partial charge in [0.25, 0.3) is 5.56 Å². The number of furan rings is 1. The molecule has 1 aliphatic carbocycles. The van der Waals surface area contributed by atoms with Crippen molar-refractivity contribution in [2.24, 2.45) is 0 Å². The maximum atomic E-state index is 13.1. The van der Waals surface area contributed by atoms with E-state index in [0.29, 0.717) is 39.7 Å². The molecule has 1 N–H and O–H groups in total. The Hall–Kier alpha value is -2.76. The second-order valence-electron chi connectivity index (χ2n) is 7.62. The second kappa shape index (κ2) is 9.16. The molecule has 1 amide bonds. The average molecular weight is 457 g/mol. The lowest BCUT2D eigenvalue weighted by Gasteiger charge is -2.31. The molecule has 9 heteroatoms. The summed E-state index contributed by atoms with van der Waals surface area (Å²) < 4.78 is 6.89. The monoisotopic (exact) mass is 456 g/mol. The van der Waals surface area contributed by atoms with Crippen LogP contribution in [0, 0.1) is 11.3 Å². The maximum Gasteiger partial charge on any atom is 0.262 e. The van der Waals surface area contributed by atoms with Crippen LogP contribution in [0.5, 0.6) is 0 Å². The topological polar surface area (TPSA) is 101 Å². The van der Waals surface area contributed by atoms with Crippen molar-refractivity contribution in [1.82, 2.24) is 14.9 Å². The highest BCUT2D eigenvalue weighted by molar-refractivity contribution is 7.99. The molecule has 1 fully saturated rings. The minimum absolute atomic E-state index is 0.0418. The van der Waals surface area contributed by atoms with Crippen LogP contribution in [0.15, 0.2) is 51.0 Å². The number of thioether (sulfide) groups is 1. The molecule has 4 rings (SSSR count). The van der Waals surface area contributed by atoms with Gasteiger partial charge in [-0.3, -0.25) is 14.2 Å². The minimum Gasteiger partial charge on any atom is -0.467 e. The number of carbonyl (C=O) groups excluding carboxylic acids is 1. The van der Waals surface area contributed by atoms with Crippen LogP contribution in [-0.2, 0) is 11.3 Å². The van der Waals surface area contributed by atoms with Crippen molar-refractivity contribution < 1.29 is 9.21 Å². The summed E-state index contributed by atoms with van der Waals surface area (Å²) in [6, 6.07) is 10.7. The first-order valence-electron chi connectivity index (χ1n) is 10.1. The fourth-order valence-corrected chi connectivity index (χ4v) is 4.80. The van der Waals surface area contributed by atoms with E-state index in [4.69, 9.17) is 16.0 Å². The fraction of sp³-hybridized carbons (Fsp3) is 0.364. The van der Waals surface area contributed by atoms with E-state index in [1.54, 1.807) is 36.6 Å². The molecule has 0 saturated heterocycles. The van der Waals surface area contributed by atoms with Gasteiger partial charge in [-0.1, -0.05) is 42.6 Å². The highest BCUT2D eigenvalue weighted by Gasteiger charge is 2.33. The number of halogens is 1. The number of benzene rings is 1. The summed E-state index contributed by atoms with van der Waals surface area (Å²) in [5, 5.41) is 13.8. The van der Waals surface area contributed by atoms with Gasteiger partial charge in [-0.25, -0.2) is 4.98 Å². The minimum atomic E-state index is -0.798. The molecule has 1 saturated carbocycles. The van der Waals surface area contributed by atoms with Crippen molar-refractivity contribution in [3.05, 3.63) is 57.7 Å². The second-order valence-corrected chi connectivity index (χ2v) is 9.00. The largest absolute Gasteiger partial charge is 0.467 e. The van der Waals surface area contributed by atoms with Crippen LogP contribution in [-0.4, -0.2) is 26.8 Å². The van der Waals surface area contributed by atoms with E-state index in [2.05, 4.69) is 16.4 Å². The van der Waals surface area contributed by atoms with Gasteiger partial charge in [0.05, 0.1) is 35.5 Å². The van der Waals surface area contributed by atoms with Crippen molar-refractivity contribution in [1.29, 1.82) is 5.26 Å². The number of hydrogen-bond acceptors (Lipinski definition) is 6. The summed E-state index contributed by atoms with van der Waals surface area (Å²) in [6.07, 6.45) is 5.80. The Morgan fingerprint density at radius 3 is 2.84 bits per heavy atom. The number of nitriles is 1. The first-order valence-corrected chi connectivity index (χ1v) is 11.4. The van der Waals surface area contributed by atoms with Gasteiger partial charge in [0.2, 0.25) is 5.91 Å². The molecule has 0 atom stereocenters. The molecule has 0 bridgehead atoms. The Kier molecular flexibility index (Phi) is 6.35. The van der Waals surface area contributed by atoms with Crippen LogP contribution in [0.25, 0.3) is 10.9 Å². The Labute approximate surface area is 188 Å². The van der Waals surface area contributed by atoms with Gasteiger partial charge >= 0.3 is 0 Å². The third kappa shape index (κ3) is 4.78. The van der Waals surface area contributed by atoms with Crippen molar-refractivity contribution in [2.45, 2.75) is 49.3 Å². The molecule has 0 aliphatic heterocycles. The summed E-state index contributed by atoms with van der Waals surface area (Å²) >= 11 is 7.24. The van der Waals surface area contributed by atoms with Gasteiger partial charge in [0.1, 0.15) is 11.3 Å². The third-order valence-electron chi connectivity index (χ3n) is 5.41. The number of hydrogen-bond donors (Lipinski definition) is 1. The van der Waals surface area contributed by atoms with E-state index in [1.807, 2.05) is 0 Å².